The molecule has 2 aromatic rings. The SMILES string of the molecule is COc1cc(OC)cc(OCCNC(=O)c2ccco2)c1. The van der Waals surface area contributed by atoms with E-state index in [0.29, 0.717) is 30.4 Å². The minimum atomic E-state index is -0.271. The van der Waals surface area contributed by atoms with Gasteiger partial charge in [-0.2, -0.15) is 0 Å². The normalized spacial score (nSPS) is 10.0. The van der Waals surface area contributed by atoms with Crippen LogP contribution in [0.3, 0.4) is 0 Å². The van der Waals surface area contributed by atoms with E-state index in [1.54, 1.807) is 44.6 Å². The highest BCUT2D eigenvalue weighted by Gasteiger charge is 2.07. The lowest BCUT2D eigenvalue weighted by Crippen LogP contribution is -2.27. The van der Waals surface area contributed by atoms with Crippen molar-refractivity contribution in [3.8, 4) is 17.2 Å². The van der Waals surface area contributed by atoms with Crippen LogP contribution in [-0.2, 0) is 0 Å². The van der Waals surface area contributed by atoms with Gasteiger partial charge in [-0.25, -0.2) is 0 Å². The first-order valence-corrected chi connectivity index (χ1v) is 6.40. The summed E-state index contributed by atoms with van der Waals surface area (Å²) >= 11 is 0. The largest absolute Gasteiger partial charge is 0.496 e. The molecule has 0 fully saturated rings. The Bertz CT molecular complexity index is 558. The zero-order chi connectivity index (χ0) is 15.1. The summed E-state index contributed by atoms with van der Waals surface area (Å²) in [4.78, 5) is 11.6. The fraction of sp³-hybridized carbons (Fsp3) is 0.267. The summed E-state index contributed by atoms with van der Waals surface area (Å²) in [6, 6.07) is 8.51. The van der Waals surface area contributed by atoms with Gasteiger partial charge in [-0.1, -0.05) is 0 Å². The summed E-state index contributed by atoms with van der Waals surface area (Å²) in [7, 11) is 3.14. The molecule has 1 aromatic carbocycles. The maximum Gasteiger partial charge on any atom is 0.287 e. The van der Waals surface area contributed by atoms with Gasteiger partial charge < -0.3 is 23.9 Å². The van der Waals surface area contributed by atoms with Crippen molar-refractivity contribution < 1.29 is 23.4 Å². The second kappa shape index (κ2) is 7.23. The van der Waals surface area contributed by atoms with Crippen molar-refractivity contribution in [3.63, 3.8) is 0 Å². The van der Waals surface area contributed by atoms with E-state index in [4.69, 9.17) is 18.6 Å². The van der Waals surface area contributed by atoms with Crippen LogP contribution in [0.15, 0.2) is 41.0 Å². The number of methoxy groups -OCH3 is 2. The van der Waals surface area contributed by atoms with Crippen LogP contribution in [0.5, 0.6) is 17.2 Å². The third kappa shape index (κ3) is 4.17. The molecule has 0 atom stereocenters. The van der Waals surface area contributed by atoms with E-state index in [1.165, 1.54) is 6.26 Å². The van der Waals surface area contributed by atoms with Crippen molar-refractivity contribution in [2.75, 3.05) is 27.4 Å². The Morgan fingerprint density at radius 2 is 1.81 bits per heavy atom. The average molecular weight is 291 g/mol. The number of hydrogen-bond donors (Lipinski definition) is 1. The Hall–Kier alpha value is -2.63. The van der Waals surface area contributed by atoms with Crippen LogP contribution in [0.1, 0.15) is 10.6 Å². The Morgan fingerprint density at radius 3 is 2.38 bits per heavy atom. The molecule has 0 unspecified atom stereocenters. The van der Waals surface area contributed by atoms with Gasteiger partial charge in [0, 0.05) is 18.2 Å². The number of amides is 1. The molecule has 6 heteroatoms. The van der Waals surface area contributed by atoms with Crippen LogP contribution in [0.25, 0.3) is 0 Å². The fourth-order valence-electron chi connectivity index (χ4n) is 1.69. The van der Waals surface area contributed by atoms with E-state index < -0.39 is 0 Å². The molecular formula is C15H17NO5. The van der Waals surface area contributed by atoms with E-state index in [9.17, 15) is 4.79 Å². The minimum absolute atomic E-state index is 0.271. The third-order valence-electron chi connectivity index (χ3n) is 2.73. The van der Waals surface area contributed by atoms with E-state index >= 15 is 0 Å². The molecule has 1 amide bonds. The topological polar surface area (TPSA) is 69.9 Å². The first kappa shape index (κ1) is 14.8. The van der Waals surface area contributed by atoms with Crippen LogP contribution in [0.4, 0.5) is 0 Å². The molecular weight excluding hydrogens is 274 g/mol. The van der Waals surface area contributed by atoms with Gasteiger partial charge in [-0.15, -0.1) is 0 Å². The van der Waals surface area contributed by atoms with Crippen LogP contribution in [-0.4, -0.2) is 33.3 Å². The lowest BCUT2D eigenvalue weighted by Gasteiger charge is -2.10. The van der Waals surface area contributed by atoms with Crippen molar-refractivity contribution in [2.24, 2.45) is 0 Å². The molecule has 6 nitrogen and oxygen atoms in total. The van der Waals surface area contributed by atoms with Gasteiger partial charge in [0.25, 0.3) is 5.91 Å². The quantitative estimate of drug-likeness (QED) is 0.791. The Labute approximate surface area is 122 Å². The fourth-order valence-corrected chi connectivity index (χ4v) is 1.69. The van der Waals surface area contributed by atoms with Crippen LogP contribution in [0.2, 0.25) is 0 Å². The molecule has 0 aliphatic rings. The van der Waals surface area contributed by atoms with Crippen LogP contribution in [0, 0.1) is 0 Å². The lowest BCUT2D eigenvalue weighted by molar-refractivity contribution is 0.0919. The van der Waals surface area contributed by atoms with Gasteiger partial charge >= 0.3 is 0 Å². The number of ether oxygens (including phenoxy) is 3. The number of benzene rings is 1. The van der Waals surface area contributed by atoms with E-state index in [2.05, 4.69) is 5.32 Å². The van der Waals surface area contributed by atoms with Gasteiger partial charge in [0.1, 0.15) is 23.9 Å². The molecule has 21 heavy (non-hydrogen) atoms. The van der Waals surface area contributed by atoms with Crippen molar-refractivity contribution in [1.82, 2.24) is 5.32 Å². The molecule has 0 spiro atoms. The van der Waals surface area contributed by atoms with Gasteiger partial charge in [0.2, 0.25) is 0 Å². The third-order valence-corrected chi connectivity index (χ3v) is 2.73. The number of rotatable bonds is 7. The van der Waals surface area contributed by atoms with Crippen LogP contribution >= 0.6 is 0 Å². The number of furan rings is 1. The van der Waals surface area contributed by atoms with Crippen molar-refractivity contribution >= 4 is 5.91 Å². The molecule has 2 rings (SSSR count). The molecule has 0 aliphatic heterocycles. The van der Waals surface area contributed by atoms with Gasteiger partial charge in [0.15, 0.2) is 5.76 Å². The minimum Gasteiger partial charge on any atom is -0.496 e. The molecule has 0 saturated heterocycles. The Balaban J connectivity index is 1.82. The second-order valence-electron chi connectivity index (χ2n) is 4.13. The maximum atomic E-state index is 11.6. The summed E-state index contributed by atoms with van der Waals surface area (Å²) in [6.45, 7) is 0.682. The first-order valence-electron chi connectivity index (χ1n) is 6.40. The van der Waals surface area contributed by atoms with Crippen molar-refractivity contribution in [1.29, 1.82) is 0 Å². The van der Waals surface area contributed by atoms with E-state index in [1.807, 2.05) is 0 Å². The highest BCUT2D eigenvalue weighted by molar-refractivity contribution is 5.91. The molecule has 1 heterocycles. The monoisotopic (exact) mass is 291 g/mol. The summed E-state index contributed by atoms with van der Waals surface area (Å²) < 4.78 is 20.8. The maximum absolute atomic E-state index is 11.6. The predicted octanol–water partition coefficient (Wildman–Crippen LogP) is 2.11. The molecule has 0 saturated carbocycles. The molecule has 0 bridgehead atoms. The number of nitrogens with one attached hydrogen (secondary N) is 1. The predicted molar refractivity (Wildman–Crippen MR) is 76.1 cm³/mol. The highest BCUT2D eigenvalue weighted by atomic mass is 16.5. The average Bonchev–Trinajstić information content (AvgIpc) is 3.05. The lowest BCUT2D eigenvalue weighted by atomic mass is 10.3. The summed E-state index contributed by atoms with van der Waals surface area (Å²) in [5.74, 6) is 1.90. The van der Waals surface area contributed by atoms with E-state index in [-0.39, 0.29) is 11.7 Å². The number of hydrogen-bond acceptors (Lipinski definition) is 5. The van der Waals surface area contributed by atoms with Crippen molar-refractivity contribution in [2.45, 2.75) is 0 Å². The Morgan fingerprint density at radius 1 is 1.14 bits per heavy atom. The molecule has 1 aromatic heterocycles. The summed E-state index contributed by atoms with van der Waals surface area (Å²) in [5, 5.41) is 2.69. The molecule has 0 aliphatic carbocycles. The van der Waals surface area contributed by atoms with Gasteiger partial charge in [-0.05, 0) is 12.1 Å². The van der Waals surface area contributed by atoms with Crippen LogP contribution < -0.4 is 19.5 Å². The summed E-state index contributed by atoms with van der Waals surface area (Å²) in [6.07, 6.45) is 1.45. The molecule has 0 radical (unpaired) electrons. The van der Waals surface area contributed by atoms with Gasteiger partial charge in [-0.3, -0.25) is 4.79 Å². The highest BCUT2D eigenvalue weighted by Crippen LogP contribution is 2.27. The molecule has 112 valence electrons. The summed E-state index contributed by atoms with van der Waals surface area (Å²) in [5.41, 5.74) is 0. The Kier molecular flexibility index (Phi) is 5.09. The second-order valence-corrected chi connectivity index (χ2v) is 4.13. The van der Waals surface area contributed by atoms with Gasteiger partial charge in [0.05, 0.1) is 27.0 Å². The van der Waals surface area contributed by atoms with Crippen molar-refractivity contribution in [3.05, 3.63) is 42.4 Å². The number of carbonyl (C=O) groups is 1. The number of carbonyl (C=O) groups excluding carboxylic acids is 1. The zero-order valence-corrected chi connectivity index (χ0v) is 11.9. The van der Waals surface area contributed by atoms with E-state index in [0.717, 1.165) is 0 Å². The zero-order valence-electron chi connectivity index (χ0n) is 11.9. The smallest absolute Gasteiger partial charge is 0.287 e. The first-order chi connectivity index (χ1) is 10.2. The molecule has 1 N–H and O–H groups in total. The standard InChI is InChI=1S/C15H17NO5/c1-18-11-8-12(19-2)10-13(9-11)20-7-5-16-15(17)14-4-3-6-21-14/h3-4,6,8-10H,5,7H2,1-2H3,(H,16,17).